The number of methoxy groups -OCH3 is 1. The maximum Gasteiger partial charge on any atom is 0.414 e. The first-order chi connectivity index (χ1) is 10.1. The number of carbonyl (C=O) groups is 1. The normalized spacial score (nSPS) is 26.6. The molecule has 2 heterocycles. The highest BCUT2D eigenvalue weighted by molar-refractivity contribution is 5.71. The SMILES string of the molecule is COC(=O)N1C=C[C@@H]2C=C[C@H]1C(C#N)(C#N)C2(C#N)C#N. The maximum atomic E-state index is 11.8. The number of hydrogen-bond acceptors (Lipinski definition) is 6. The summed E-state index contributed by atoms with van der Waals surface area (Å²) in [4.78, 5) is 12.9. The van der Waals surface area contributed by atoms with E-state index in [1.165, 1.54) is 25.5 Å². The molecule has 0 fully saturated rings. The molecule has 2 aliphatic heterocycles. The van der Waals surface area contributed by atoms with E-state index in [1.54, 1.807) is 18.2 Å². The van der Waals surface area contributed by atoms with Crippen LogP contribution in [-0.4, -0.2) is 24.1 Å². The first-order valence-electron chi connectivity index (χ1n) is 5.94. The minimum atomic E-state index is -2.01. The first-order valence-corrected chi connectivity index (χ1v) is 5.94. The molecule has 7 heteroatoms. The Hall–Kier alpha value is -3.29. The first kappa shape index (κ1) is 14.1. The molecule has 0 N–H and O–H groups in total. The van der Waals surface area contributed by atoms with E-state index in [0.717, 1.165) is 4.90 Å². The lowest BCUT2D eigenvalue weighted by Gasteiger charge is -2.42. The molecule has 0 aromatic rings. The van der Waals surface area contributed by atoms with E-state index < -0.39 is 28.9 Å². The summed E-state index contributed by atoms with van der Waals surface area (Å²) >= 11 is 0. The Morgan fingerprint density at radius 3 is 2.10 bits per heavy atom. The summed E-state index contributed by atoms with van der Waals surface area (Å²) in [7, 11) is 1.17. The Balaban J connectivity index is 2.78. The van der Waals surface area contributed by atoms with Crippen LogP contribution in [0.4, 0.5) is 4.79 Å². The molecule has 0 spiro atoms. The van der Waals surface area contributed by atoms with Crippen LogP contribution in [0, 0.1) is 62.1 Å². The van der Waals surface area contributed by atoms with Crippen LogP contribution < -0.4 is 0 Å². The van der Waals surface area contributed by atoms with E-state index in [0.29, 0.717) is 0 Å². The number of nitrogens with zero attached hydrogens (tertiary/aromatic N) is 5. The van der Waals surface area contributed by atoms with Crippen molar-refractivity contribution >= 4 is 6.09 Å². The number of ether oxygens (including phenoxy) is 1. The zero-order valence-electron chi connectivity index (χ0n) is 11.0. The van der Waals surface area contributed by atoms with E-state index in [-0.39, 0.29) is 0 Å². The van der Waals surface area contributed by atoms with Crippen molar-refractivity contribution in [3.05, 3.63) is 24.4 Å². The average molecular weight is 279 g/mol. The maximum absolute atomic E-state index is 11.8. The van der Waals surface area contributed by atoms with Crippen LogP contribution in [-0.2, 0) is 4.74 Å². The standard InChI is InChI=1S/C14H9N5O2/c1-21-12(20)19-5-4-10-2-3-11(19)14(8-17,9-18)13(10,6-15)7-16/h2-5,10-11H,1H3/t10-,11-/m0/s1. The van der Waals surface area contributed by atoms with Gasteiger partial charge in [0.1, 0.15) is 0 Å². The van der Waals surface area contributed by atoms with Gasteiger partial charge in [0, 0.05) is 12.1 Å². The molecule has 1 amide bonds. The third-order valence-electron chi connectivity index (χ3n) is 3.91. The number of hydrogen-bond donors (Lipinski definition) is 0. The second kappa shape index (κ2) is 4.67. The Kier molecular flexibility index (Phi) is 3.14. The van der Waals surface area contributed by atoms with E-state index in [9.17, 15) is 25.8 Å². The molecule has 102 valence electrons. The van der Waals surface area contributed by atoms with Gasteiger partial charge in [-0.3, -0.25) is 4.90 Å². The molecule has 0 saturated carbocycles. The van der Waals surface area contributed by atoms with Gasteiger partial charge in [-0.15, -0.1) is 0 Å². The van der Waals surface area contributed by atoms with Gasteiger partial charge in [0.15, 0.2) is 10.8 Å². The summed E-state index contributed by atoms with van der Waals surface area (Å²) in [5.41, 5.74) is -3.90. The van der Waals surface area contributed by atoms with Crippen LogP contribution in [0.25, 0.3) is 0 Å². The van der Waals surface area contributed by atoms with Gasteiger partial charge in [-0.2, -0.15) is 21.0 Å². The van der Waals surface area contributed by atoms with Crippen molar-refractivity contribution in [2.75, 3.05) is 7.11 Å². The number of fused-ring (bicyclic) bond motifs is 2. The van der Waals surface area contributed by atoms with Crippen molar-refractivity contribution in [2.45, 2.75) is 6.04 Å². The number of carbonyl (C=O) groups excluding carboxylic acids is 1. The van der Waals surface area contributed by atoms with Gasteiger partial charge in [0.05, 0.1) is 37.4 Å². The Bertz CT molecular complexity index is 682. The predicted octanol–water partition coefficient (Wildman–Crippen LogP) is 1.20. The van der Waals surface area contributed by atoms with Gasteiger partial charge in [-0.25, -0.2) is 4.79 Å². The summed E-state index contributed by atoms with van der Waals surface area (Å²) in [5, 5.41) is 38.1. The minimum absolute atomic E-state index is 0.766. The summed E-state index contributed by atoms with van der Waals surface area (Å²) in [6.07, 6.45) is 5.07. The molecule has 0 aromatic heterocycles. The quantitative estimate of drug-likeness (QED) is 0.613. The highest BCUT2D eigenvalue weighted by Crippen LogP contribution is 2.54. The van der Waals surface area contributed by atoms with E-state index in [2.05, 4.69) is 4.74 Å². The van der Waals surface area contributed by atoms with Crippen LogP contribution >= 0.6 is 0 Å². The Labute approximate surface area is 121 Å². The molecule has 0 unspecified atom stereocenters. The van der Waals surface area contributed by atoms with Crippen molar-refractivity contribution in [1.82, 2.24) is 4.90 Å². The number of rotatable bonds is 0. The van der Waals surface area contributed by atoms with Gasteiger partial charge in [-0.05, 0) is 0 Å². The highest BCUT2D eigenvalue weighted by Gasteiger charge is 2.66. The lowest BCUT2D eigenvalue weighted by Crippen LogP contribution is -2.56. The third kappa shape index (κ3) is 1.46. The van der Waals surface area contributed by atoms with Crippen LogP contribution in [0.5, 0.6) is 0 Å². The second-order valence-electron chi connectivity index (χ2n) is 4.64. The lowest BCUT2D eigenvalue weighted by atomic mass is 9.54. The molecule has 0 radical (unpaired) electrons. The van der Waals surface area contributed by atoms with Crippen molar-refractivity contribution in [2.24, 2.45) is 16.7 Å². The fourth-order valence-corrected chi connectivity index (χ4v) is 2.76. The highest BCUT2D eigenvalue weighted by atomic mass is 16.5. The summed E-state index contributed by atoms with van der Waals surface area (Å²) in [6.45, 7) is 0. The number of allylic oxidation sites excluding steroid dienone is 2. The van der Waals surface area contributed by atoms with E-state index in [1.807, 2.05) is 12.1 Å². The number of amides is 1. The Morgan fingerprint density at radius 1 is 1.05 bits per heavy atom. The van der Waals surface area contributed by atoms with Gasteiger partial charge in [-0.1, -0.05) is 18.2 Å². The third-order valence-corrected chi connectivity index (χ3v) is 3.91. The lowest BCUT2D eigenvalue weighted by molar-refractivity contribution is 0.101. The van der Waals surface area contributed by atoms with Crippen LogP contribution in [0.1, 0.15) is 0 Å². The van der Waals surface area contributed by atoms with Gasteiger partial charge < -0.3 is 4.74 Å². The fraction of sp³-hybridized carbons (Fsp3) is 0.357. The molecule has 3 aliphatic rings. The summed E-state index contributed by atoms with van der Waals surface area (Å²) in [5.74, 6) is -0.766. The predicted molar refractivity (Wildman–Crippen MR) is 67.1 cm³/mol. The van der Waals surface area contributed by atoms with Gasteiger partial charge in [0.2, 0.25) is 0 Å². The van der Waals surface area contributed by atoms with Gasteiger partial charge in [0.25, 0.3) is 0 Å². The van der Waals surface area contributed by atoms with Crippen molar-refractivity contribution in [3.63, 3.8) is 0 Å². The fourth-order valence-electron chi connectivity index (χ4n) is 2.76. The largest absolute Gasteiger partial charge is 0.452 e. The van der Waals surface area contributed by atoms with Crippen LogP contribution in [0.15, 0.2) is 24.4 Å². The van der Waals surface area contributed by atoms with Gasteiger partial charge >= 0.3 is 6.09 Å². The zero-order valence-corrected chi connectivity index (χ0v) is 11.0. The molecule has 1 aliphatic carbocycles. The molecule has 2 bridgehead atoms. The average Bonchev–Trinajstić information content (AvgIpc) is 2.82. The van der Waals surface area contributed by atoms with Crippen molar-refractivity contribution in [1.29, 1.82) is 21.0 Å². The minimum Gasteiger partial charge on any atom is -0.452 e. The molecule has 2 atom stereocenters. The molecule has 0 saturated heterocycles. The van der Waals surface area contributed by atoms with Crippen LogP contribution in [0.3, 0.4) is 0 Å². The molecular weight excluding hydrogens is 270 g/mol. The van der Waals surface area contributed by atoms with E-state index in [4.69, 9.17) is 0 Å². The molecule has 21 heavy (non-hydrogen) atoms. The second-order valence-corrected chi connectivity index (χ2v) is 4.64. The number of nitriles is 4. The molecule has 7 nitrogen and oxygen atoms in total. The van der Waals surface area contributed by atoms with Crippen LogP contribution in [0.2, 0.25) is 0 Å². The molecule has 0 aromatic carbocycles. The van der Waals surface area contributed by atoms with Crippen molar-refractivity contribution in [3.8, 4) is 24.3 Å². The smallest absolute Gasteiger partial charge is 0.414 e. The molecule has 3 rings (SSSR count). The summed E-state index contributed by atoms with van der Waals surface area (Å²) < 4.78 is 4.63. The topological polar surface area (TPSA) is 125 Å². The van der Waals surface area contributed by atoms with E-state index >= 15 is 0 Å². The Morgan fingerprint density at radius 2 is 1.62 bits per heavy atom. The molecular formula is C14H9N5O2. The van der Waals surface area contributed by atoms with Crippen molar-refractivity contribution < 1.29 is 9.53 Å². The zero-order chi connectivity index (χ0) is 15.7. The monoisotopic (exact) mass is 279 g/mol. The summed E-state index contributed by atoms with van der Waals surface area (Å²) in [6, 6.07) is 6.15.